The molecule has 0 atom stereocenters. The molecule has 2 rings (SSSR count). The molecule has 1 aromatic rings. The molecule has 112 valence electrons. The summed E-state index contributed by atoms with van der Waals surface area (Å²) < 4.78 is 0. The molecule has 1 fully saturated rings. The van der Waals surface area contributed by atoms with Crippen molar-refractivity contribution in [2.75, 3.05) is 11.9 Å². The van der Waals surface area contributed by atoms with Crippen LogP contribution in [0.5, 0.6) is 0 Å². The first-order valence-electron chi connectivity index (χ1n) is 7.70. The zero-order valence-electron chi connectivity index (χ0n) is 12.9. The summed E-state index contributed by atoms with van der Waals surface area (Å²) in [6, 6.07) is 6.19. The third-order valence-electron chi connectivity index (χ3n) is 4.90. The Morgan fingerprint density at radius 1 is 1.35 bits per heavy atom. The zero-order chi connectivity index (χ0) is 14.8. The average Bonchev–Trinajstić information content (AvgIpc) is 2.43. The number of benzene rings is 1. The van der Waals surface area contributed by atoms with Gasteiger partial charge in [0.15, 0.2) is 0 Å². The first-order valence-corrected chi connectivity index (χ1v) is 8.08. The Bertz CT molecular complexity index is 448. The number of halogens is 1. The Morgan fingerprint density at radius 2 is 2.00 bits per heavy atom. The molecular weight excluding hydrogens is 268 g/mol. The molecule has 3 heteroatoms. The van der Waals surface area contributed by atoms with Crippen LogP contribution >= 0.6 is 11.6 Å². The second-order valence-corrected chi connectivity index (χ2v) is 7.06. The fourth-order valence-corrected chi connectivity index (χ4v) is 3.40. The van der Waals surface area contributed by atoms with Crippen LogP contribution in [0.25, 0.3) is 0 Å². The Kier molecular flexibility index (Phi) is 4.98. The van der Waals surface area contributed by atoms with Gasteiger partial charge in [-0.05, 0) is 62.1 Å². The normalized spacial score (nSPS) is 26.8. The van der Waals surface area contributed by atoms with Gasteiger partial charge in [-0.1, -0.05) is 31.5 Å². The van der Waals surface area contributed by atoms with Gasteiger partial charge in [0.1, 0.15) is 0 Å². The van der Waals surface area contributed by atoms with E-state index in [0.29, 0.717) is 6.54 Å². The molecule has 0 amide bonds. The molecule has 1 saturated carbocycles. The van der Waals surface area contributed by atoms with Gasteiger partial charge in [0.05, 0.1) is 0 Å². The van der Waals surface area contributed by atoms with Gasteiger partial charge >= 0.3 is 0 Å². The first kappa shape index (κ1) is 15.7. The Balaban J connectivity index is 2.07. The highest BCUT2D eigenvalue weighted by atomic mass is 35.5. The van der Waals surface area contributed by atoms with Crippen LogP contribution in [0.1, 0.15) is 45.1 Å². The molecule has 0 aliphatic heterocycles. The average molecular weight is 295 g/mol. The molecule has 0 bridgehead atoms. The Labute approximate surface area is 128 Å². The number of anilines is 1. The summed E-state index contributed by atoms with van der Waals surface area (Å²) in [4.78, 5) is 0. The maximum Gasteiger partial charge on any atom is 0.0495 e. The van der Waals surface area contributed by atoms with Crippen LogP contribution in [0.3, 0.4) is 0 Å². The van der Waals surface area contributed by atoms with Crippen LogP contribution in [-0.4, -0.2) is 12.1 Å². The third kappa shape index (κ3) is 3.48. The summed E-state index contributed by atoms with van der Waals surface area (Å²) >= 11 is 6.21. The van der Waals surface area contributed by atoms with E-state index in [0.717, 1.165) is 41.0 Å². The van der Waals surface area contributed by atoms with Crippen LogP contribution in [0, 0.1) is 18.8 Å². The van der Waals surface area contributed by atoms with Crippen LogP contribution < -0.4 is 11.1 Å². The van der Waals surface area contributed by atoms with Gasteiger partial charge in [0.25, 0.3) is 0 Å². The second-order valence-electron chi connectivity index (χ2n) is 6.65. The van der Waals surface area contributed by atoms with E-state index in [1.54, 1.807) is 0 Å². The molecule has 0 unspecified atom stereocenters. The summed E-state index contributed by atoms with van der Waals surface area (Å²) in [6.45, 7) is 7.36. The summed E-state index contributed by atoms with van der Waals surface area (Å²) in [5.41, 5.74) is 8.33. The van der Waals surface area contributed by atoms with Crippen LogP contribution in [0.4, 0.5) is 5.69 Å². The number of nitrogens with two attached hydrogens (primary N) is 1. The number of rotatable bonds is 4. The summed E-state index contributed by atoms with van der Waals surface area (Å²) in [5.74, 6) is 1.62. The largest absolute Gasteiger partial charge is 0.378 e. The van der Waals surface area contributed by atoms with E-state index in [1.807, 2.05) is 13.0 Å². The smallest absolute Gasteiger partial charge is 0.0495 e. The Hall–Kier alpha value is -0.730. The van der Waals surface area contributed by atoms with E-state index in [9.17, 15) is 0 Å². The molecule has 0 heterocycles. The van der Waals surface area contributed by atoms with E-state index >= 15 is 0 Å². The molecule has 0 saturated heterocycles. The SMILES string of the molecule is Cc1ccc(NC2(CN)CCC(C(C)C)CC2)cc1Cl. The molecule has 20 heavy (non-hydrogen) atoms. The van der Waals surface area contributed by atoms with E-state index in [4.69, 9.17) is 17.3 Å². The minimum absolute atomic E-state index is 0.0456. The Morgan fingerprint density at radius 3 is 2.50 bits per heavy atom. The van der Waals surface area contributed by atoms with E-state index < -0.39 is 0 Å². The fourth-order valence-electron chi connectivity index (χ4n) is 3.22. The fraction of sp³-hybridized carbons (Fsp3) is 0.647. The number of nitrogens with one attached hydrogen (secondary N) is 1. The van der Waals surface area contributed by atoms with Crippen molar-refractivity contribution in [2.45, 2.75) is 52.0 Å². The molecule has 1 aliphatic carbocycles. The lowest BCUT2D eigenvalue weighted by atomic mass is 9.72. The molecular formula is C17H27ClN2. The molecule has 3 N–H and O–H groups in total. The van der Waals surface area contributed by atoms with Gasteiger partial charge in [0.2, 0.25) is 0 Å². The van der Waals surface area contributed by atoms with E-state index in [-0.39, 0.29) is 5.54 Å². The lowest BCUT2D eigenvalue weighted by molar-refractivity contribution is 0.213. The molecule has 0 spiro atoms. The van der Waals surface area contributed by atoms with Crippen molar-refractivity contribution < 1.29 is 0 Å². The van der Waals surface area contributed by atoms with Crippen molar-refractivity contribution in [2.24, 2.45) is 17.6 Å². The van der Waals surface area contributed by atoms with Crippen molar-refractivity contribution >= 4 is 17.3 Å². The number of hydrogen-bond donors (Lipinski definition) is 2. The monoisotopic (exact) mass is 294 g/mol. The maximum absolute atomic E-state index is 6.21. The predicted molar refractivity (Wildman–Crippen MR) is 88.4 cm³/mol. The van der Waals surface area contributed by atoms with Gasteiger partial charge in [-0.25, -0.2) is 0 Å². The van der Waals surface area contributed by atoms with Gasteiger partial charge in [-0.15, -0.1) is 0 Å². The van der Waals surface area contributed by atoms with Crippen molar-refractivity contribution in [3.63, 3.8) is 0 Å². The van der Waals surface area contributed by atoms with Gasteiger partial charge in [-0.3, -0.25) is 0 Å². The first-order chi connectivity index (χ1) is 9.46. The van der Waals surface area contributed by atoms with E-state index in [1.165, 1.54) is 12.8 Å². The topological polar surface area (TPSA) is 38.0 Å². The number of aryl methyl sites for hydroxylation is 1. The van der Waals surface area contributed by atoms with Crippen LogP contribution in [-0.2, 0) is 0 Å². The predicted octanol–water partition coefficient (Wildman–Crippen LogP) is 4.60. The lowest BCUT2D eigenvalue weighted by Crippen LogP contribution is -2.48. The van der Waals surface area contributed by atoms with Gasteiger partial charge in [0, 0.05) is 22.8 Å². The second kappa shape index (κ2) is 6.36. The molecule has 1 aliphatic rings. The third-order valence-corrected chi connectivity index (χ3v) is 5.31. The van der Waals surface area contributed by atoms with Crippen LogP contribution in [0.15, 0.2) is 18.2 Å². The number of hydrogen-bond acceptors (Lipinski definition) is 2. The highest BCUT2D eigenvalue weighted by Crippen LogP contribution is 2.37. The zero-order valence-corrected chi connectivity index (χ0v) is 13.6. The highest BCUT2D eigenvalue weighted by molar-refractivity contribution is 6.31. The summed E-state index contributed by atoms with van der Waals surface area (Å²) in [6.07, 6.45) is 4.83. The molecule has 1 aromatic carbocycles. The standard InChI is InChI=1S/C17H27ClN2/c1-12(2)14-6-8-17(11-19,9-7-14)20-15-5-4-13(3)16(18)10-15/h4-5,10,12,14,20H,6-9,11,19H2,1-3H3. The summed E-state index contributed by atoms with van der Waals surface area (Å²) in [5, 5.41) is 4.48. The molecule has 2 nitrogen and oxygen atoms in total. The van der Waals surface area contributed by atoms with Crippen LogP contribution in [0.2, 0.25) is 5.02 Å². The van der Waals surface area contributed by atoms with E-state index in [2.05, 4.69) is 31.3 Å². The molecule has 0 radical (unpaired) electrons. The quantitative estimate of drug-likeness (QED) is 0.851. The van der Waals surface area contributed by atoms with Gasteiger partial charge in [-0.2, -0.15) is 0 Å². The van der Waals surface area contributed by atoms with Crippen molar-refractivity contribution in [1.29, 1.82) is 0 Å². The highest BCUT2D eigenvalue weighted by Gasteiger charge is 2.34. The van der Waals surface area contributed by atoms with Crippen molar-refractivity contribution in [3.05, 3.63) is 28.8 Å². The summed E-state index contributed by atoms with van der Waals surface area (Å²) in [7, 11) is 0. The lowest BCUT2D eigenvalue weighted by Gasteiger charge is -2.42. The van der Waals surface area contributed by atoms with Crippen molar-refractivity contribution in [1.82, 2.24) is 0 Å². The maximum atomic E-state index is 6.21. The minimum Gasteiger partial charge on any atom is -0.378 e. The van der Waals surface area contributed by atoms with Gasteiger partial charge < -0.3 is 11.1 Å². The minimum atomic E-state index is 0.0456. The molecule has 0 aromatic heterocycles. The van der Waals surface area contributed by atoms with Crippen molar-refractivity contribution in [3.8, 4) is 0 Å².